The van der Waals surface area contributed by atoms with Gasteiger partial charge in [-0.2, -0.15) is 0 Å². The fourth-order valence-electron chi connectivity index (χ4n) is 1.73. The fourth-order valence-corrected chi connectivity index (χ4v) is 2.05. The molecule has 0 radical (unpaired) electrons. The molecule has 0 aromatic heterocycles. The summed E-state index contributed by atoms with van der Waals surface area (Å²) in [5.41, 5.74) is 1.11. The Kier molecular flexibility index (Phi) is 10.9. The molecule has 6 heteroatoms. The highest BCUT2D eigenvalue weighted by Gasteiger charge is 2.03. The molecule has 0 aliphatic carbocycles. The topological polar surface area (TPSA) is 41.1 Å². The molecule has 2 N–H and O–H groups in total. The van der Waals surface area contributed by atoms with Gasteiger partial charge in [0.15, 0.2) is 0 Å². The second-order valence-corrected chi connectivity index (χ2v) is 5.22. The Balaban J connectivity index is 0.00000361. The van der Waals surface area contributed by atoms with Gasteiger partial charge in [-0.1, -0.05) is 29.3 Å². The summed E-state index contributed by atoms with van der Waals surface area (Å²) in [5, 5.41) is 7.07. The van der Waals surface area contributed by atoms with Crippen LogP contribution in [0.3, 0.4) is 0 Å². The van der Waals surface area contributed by atoms with Gasteiger partial charge in [0.1, 0.15) is 0 Å². The molecule has 0 unspecified atom stereocenters. The third-order valence-corrected chi connectivity index (χ3v) is 3.52. The van der Waals surface area contributed by atoms with Crippen molar-refractivity contribution in [3.8, 4) is 0 Å². The Morgan fingerprint density at radius 2 is 1.90 bits per heavy atom. The first-order valence-electron chi connectivity index (χ1n) is 6.48. The summed E-state index contributed by atoms with van der Waals surface area (Å²) < 4.78 is 0. The van der Waals surface area contributed by atoms with E-state index >= 15 is 0 Å². The van der Waals surface area contributed by atoms with Gasteiger partial charge in [0.25, 0.3) is 0 Å². The lowest BCUT2D eigenvalue weighted by molar-refractivity contribution is -0.121. The van der Waals surface area contributed by atoms with Crippen molar-refractivity contribution < 1.29 is 4.79 Å². The molecule has 0 fully saturated rings. The average Bonchev–Trinajstić information content (AvgIpc) is 2.39. The van der Waals surface area contributed by atoms with Crippen LogP contribution in [0.15, 0.2) is 18.2 Å². The van der Waals surface area contributed by atoms with Gasteiger partial charge in [0.2, 0.25) is 5.91 Å². The van der Waals surface area contributed by atoms with Crippen LogP contribution >= 0.6 is 35.6 Å². The predicted molar refractivity (Wildman–Crippen MR) is 88.2 cm³/mol. The Bertz CT molecular complexity index is 413. The van der Waals surface area contributed by atoms with Crippen LogP contribution in [-0.2, 0) is 11.2 Å². The zero-order valence-corrected chi connectivity index (χ0v) is 13.9. The van der Waals surface area contributed by atoms with Crippen molar-refractivity contribution in [3.05, 3.63) is 33.8 Å². The molecular weight excluding hydrogens is 319 g/mol. The maximum Gasteiger partial charge on any atom is 0.220 e. The second-order valence-electron chi connectivity index (χ2n) is 4.41. The molecule has 1 rings (SSSR count). The lowest BCUT2D eigenvalue weighted by Crippen LogP contribution is -2.26. The smallest absolute Gasteiger partial charge is 0.220 e. The number of hydrogen-bond donors (Lipinski definition) is 2. The van der Waals surface area contributed by atoms with E-state index in [4.69, 9.17) is 23.2 Å². The SMILES string of the molecule is CNCCCNC(=O)CCCc1ccc(Cl)c(Cl)c1.Cl. The van der Waals surface area contributed by atoms with Crippen molar-refractivity contribution in [1.82, 2.24) is 10.6 Å². The van der Waals surface area contributed by atoms with Crippen LogP contribution in [-0.4, -0.2) is 26.0 Å². The normalized spacial score (nSPS) is 9.95. The van der Waals surface area contributed by atoms with E-state index in [0.29, 0.717) is 16.5 Å². The molecule has 0 aliphatic heterocycles. The van der Waals surface area contributed by atoms with E-state index in [1.54, 1.807) is 6.07 Å². The maximum atomic E-state index is 11.5. The second kappa shape index (κ2) is 11.2. The number of benzene rings is 1. The summed E-state index contributed by atoms with van der Waals surface area (Å²) in [6, 6.07) is 5.59. The van der Waals surface area contributed by atoms with Crippen LogP contribution < -0.4 is 10.6 Å². The fraction of sp³-hybridized carbons (Fsp3) is 0.500. The summed E-state index contributed by atoms with van der Waals surface area (Å²) in [7, 11) is 1.90. The Labute approximate surface area is 136 Å². The van der Waals surface area contributed by atoms with Gasteiger partial charge in [0, 0.05) is 13.0 Å². The summed E-state index contributed by atoms with van der Waals surface area (Å²) >= 11 is 11.8. The molecule has 0 saturated carbocycles. The van der Waals surface area contributed by atoms with Crippen molar-refractivity contribution >= 4 is 41.5 Å². The molecule has 0 bridgehead atoms. The molecule has 114 valence electrons. The van der Waals surface area contributed by atoms with Crippen LogP contribution in [0.5, 0.6) is 0 Å². The van der Waals surface area contributed by atoms with Crippen LogP contribution in [0.1, 0.15) is 24.8 Å². The molecule has 20 heavy (non-hydrogen) atoms. The van der Waals surface area contributed by atoms with Gasteiger partial charge in [-0.25, -0.2) is 0 Å². The van der Waals surface area contributed by atoms with Gasteiger partial charge in [-0.3, -0.25) is 4.79 Å². The van der Waals surface area contributed by atoms with Crippen molar-refractivity contribution in [2.45, 2.75) is 25.7 Å². The Hall–Kier alpha value is -0.480. The average molecular weight is 340 g/mol. The molecule has 0 aliphatic rings. The molecule has 1 aromatic rings. The molecule has 0 saturated heterocycles. The molecular formula is C14H21Cl3N2O. The molecule has 1 amide bonds. The monoisotopic (exact) mass is 338 g/mol. The van der Waals surface area contributed by atoms with E-state index in [9.17, 15) is 4.79 Å². The van der Waals surface area contributed by atoms with Gasteiger partial charge in [-0.05, 0) is 50.6 Å². The Morgan fingerprint density at radius 1 is 1.15 bits per heavy atom. The largest absolute Gasteiger partial charge is 0.356 e. The molecule has 0 spiro atoms. The molecule has 0 atom stereocenters. The number of aryl methyl sites for hydroxylation is 1. The molecule has 3 nitrogen and oxygen atoms in total. The highest BCUT2D eigenvalue weighted by molar-refractivity contribution is 6.42. The maximum absolute atomic E-state index is 11.5. The van der Waals surface area contributed by atoms with Gasteiger partial charge < -0.3 is 10.6 Å². The number of rotatable bonds is 8. The quantitative estimate of drug-likeness (QED) is 0.712. The van der Waals surface area contributed by atoms with Crippen LogP contribution in [0, 0.1) is 0 Å². The number of carbonyl (C=O) groups excluding carboxylic acids is 1. The van der Waals surface area contributed by atoms with E-state index in [1.807, 2.05) is 19.2 Å². The number of halogens is 3. The van der Waals surface area contributed by atoms with Crippen LogP contribution in [0.2, 0.25) is 10.0 Å². The standard InChI is InChI=1S/C14H20Cl2N2O.ClH/c1-17-8-3-9-18-14(19)5-2-4-11-6-7-12(15)13(16)10-11;/h6-7,10,17H,2-5,8-9H2,1H3,(H,18,19);1H. The number of carbonyl (C=O) groups is 1. The first-order valence-corrected chi connectivity index (χ1v) is 7.24. The number of nitrogens with one attached hydrogen (secondary N) is 2. The third kappa shape index (κ3) is 7.95. The number of hydrogen-bond acceptors (Lipinski definition) is 2. The van der Waals surface area contributed by atoms with E-state index in [-0.39, 0.29) is 18.3 Å². The van der Waals surface area contributed by atoms with Crippen LogP contribution in [0.25, 0.3) is 0 Å². The number of amides is 1. The molecule has 1 aromatic carbocycles. The Morgan fingerprint density at radius 3 is 2.55 bits per heavy atom. The lowest BCUT2D eigenvalue weighted by atomic mass is 10.1. The third-order valence-electron chi connectivity index (χ3n) is 2.78. The van der Waals surface area contributed by atoms with Crippen molar-refractivity contribution in [2.75, 3.05) is 20.1 Å². The first-order chi connectivity index (χ1) is 9.13. The van der Waals surface area contributed by atoms with Crippen molar-refractivity contribution in [3.63, 3.8) is 0 Å². The minimum Gasteiger partial charge on any atom is -0.356 e. The zero-order valence-electron chi connectivity index (χ0n) is 11.5. The van der Waals surface area contributed by atoms with E-state index < -0.39 is 0 Å². The highest BCUT2D eigenvalue weighted by atomic mass is 35.5. The summed E-state index contributed by atoms with van der Waals surface area (Å²) in [6.07, 6.45) is 3.14. The molecule has 0 heterocycles. The van der Waals surface area contributed by atoms with E-state index in [2.05, 4.69) is 10.6 Å². The van der Waals surface area contributed by atoms with Gasteiger partial charge in [-0.15, -0.1) is 12.4 Å². The predicted octanol–water partition coefficient (Wildman–Crippen LogP) is 3.46. The van der Waals surface area contributed by atoms with E-state index in [0.717, 1.165) is 37.9 Å². The van der Waals surface area contributed by atoms with Crippen molar-refractivity contribution in [2.24, 2.45) is 0 Å². The minimum atomic E-state index is 0. The van der Waals surface area contributed by atoms with Gasteiger partial charge in [0.05, 0.1) is 10.0 Å². The first kappa shape index (κ1) is 19.5. The highest BCUT2D eigenvalue weighted by Crippen LogP contribution is 2.23. The van der Waals surface area contributed by atoms with Crippen LogP contribution in [0.4, 0.5) is 0 Å². The van der Waals surface area contributed by atoms with E-state index in [1.165, 1.54) is 0 Å². The summed E-state index contributed by atoms with van der Waals surface area (Å²) in [6.45, 7) is 1.65. The minimum absolute atomic E-state index is 0. The van der Waals surface area contributed by atoms with Gasteiger partial charge >= 0.3 is 0 Å². The summed E-state index contributed by atoms with van der Waals surface area (Å²) in [4.78, 5) is 11.5. The lowest BCUT2D eigenvalue weighted by Gasteiger charge is -2.05. The van der Waals surface area contributed by atoms with Crippen molar-refractivity contribution in [1.29, 1.82) is 0 Å². The zero-order chi connectivity index (χ0) is 14.1. The summed E-state index contributed by atoms with van der Waals surface area (Å²) in [5.74, 6) is 0.108.